The van der Waals surface area contributed by atoms with E-state index in [1.807, 2.05) is 0 Å². The van der Waals surface area contributed by atoms with E-state index in [1.54, 1.807) is 41.5 Å². The van der Waals surface area contributed by atoms with Crippen molar-refractivity contribution < 1.29 is 14.3 Å². The summed E-state index contributed by atoms with van der Waals surface area (Å²) >= 11 is 12.1. The molecule has 0 saturated carbocycles. The van der Waals surface area contributed by atoms with Gasteiger partial charge in [-0.3, -0.25) is 4.79 Å². The van der Waals surface area contributed by atoms with Crippen molar-refractivity contribution in [2.45, 2.75) is 32.4 Å². The first-order valence-electron chi connectivity index (χ1n) is 7.05. The van der Waals surface area contributed by atoms with Crippen LogP contribution >= 0.6 is 23.2 Å². The van der Waals surface area contributed by atoms with Gasteiger partial charge in [-0.15, -0.1) is 0 Å². The lowest BCUT2D eigenvalue weighted by atomic mass is 10.1. The van der Waals surface area contributed by atoms with Gasteiger partial charge in [0.15, 0.2) is 0 Å². The van der Waals surface area contributed by atoms with Gasteiger partial charge >= 0.3 is 5.97 Å². The van der Waals surface area contributed by atoms with E-state index in [0.717, 1.165) is 0 Å². The first kappa shape index (κ1) is 17.5. The average molecular weight is 355 g/mol. The zero-order valence-electron chi connectivity index (χ0n) is 12.5. The molecule has 0 amide bonds. The van der Waals surface area contributed by atoms with Gasteiger partial charge in [0.2, 0.25) is 0 Å². The predicted molar refractivity (Wildman–Crippen MR) is 87.4 cm³/mol. The minimum Gasteiger partial charge on any atom is -0.455 e. The van der Waals surface area contributed by atoms with E-state index in [1.165, 1.54) is 6.92 Å². The van der Waals surface area contributed by atoms with E-state index in [4.69, 9.17) is 27.9 Å². The molecule has 0 bridgehead atoms. The summed E-state index contributed by atoms with van der Waals surface area (Å²) in [5.41, 5.74) is 0.654. The summed E-state index contributed by atoms with van der Waals surface area (Å²) in [5, 5.41) is 0.921. The van der Waals surface area contributed by atoms with E-state index in [2.05, 4.69) is 4.98 Å². The number of carbonyl (C=O) groups excluding carboxylic acids is 2. The summed E-state index contributed by atoms with van der Waals surface area (Å²) in [6.45, 7) is 1.81. The molecule has 5 nitrogen and oxygen atoms in total. The number of hydrogen-bond donors (Lipinski definition) is 0. The summed E-state index contributed by atoms with van der Waals surface area (Å²) in [6.07, 6.45) is 4.64. The number of halogens is 2. The fourth-order valence-electron chi connectivity index (χ4n) is 2.04. The summed E-state index contributed by atoms with van der Waals surface area (Å²) < 4.78 is 7.30. The number of nitrogens with zero attached hydrogens (tertiary/aromatic N) is 2. The molecule has 1 aromatic carbocycles. The molecule has 0 spiro atoms. The van der Waals surface area contributed by atoms with Crippen LogP contribution in [0.1, 0.15) is 31.4 Å². The molecule has 0 fully saturated rings. The maximum atomic E-state index is 12.0. The van der Waals surface area contributed by atoms with E-state index in [-0.39, 0.29) is 18.6 Å². The van der Waals surface area contributed by atoms with Crippen molar-refractivity contribution in [1.29, 1.82) is 0 Å². The lowest BCUT2D eigenvalue weighted by Crippen LogP contribution is -2.17. The van der Waals surface area contributed by atoms with Crippen LogP contribution < -0.4 is 0 Å². The van der Waals surface area contributed by atoms with E-state index >= 15 is 0 Å². The standard InChI is InChI=1S/C16H16Cl2N2O3/c1-11(21)2-5-16(22)23-15(9-20-7-6-19-10-20)13-4-3-12(17)8-14(13)18/h3-4,6-8,10,15H,2,5,9H2,1H3. The lowest BCUT2D eigenvalue weighted by Gasteiger charge is -2.20. The highest BCUT2D eigenvalue weighted by molar-refractivity contribution is 6.35. The molecule has 23 heavy (non-hydrogen) atoms. The minimum atomic E-state index is -0.589. The molecule has 1 atom stereocenters. The molecular weight excluding hydrogens is 339 g/mol. The normalized spacial score (nSPS) is 12.0. The first-order valence-corrected chi connectivity index (χ1v) is 7.81. The number of esters is 1. The SMILES string of the molecule is CC(=O)CCC(=O)OC(Cn1ccnc1)c1ccc(Cl)cc1Cl. The molecule has 2 rings (SSSR count). The molecule has 0 aliphatic carbocycles. The number of carbonyl (C=O) groups is 2. The van der Waals surface area contributed by atoms with Gasteiger partial charge in [0.1, 0.15) is 11.9 Å². The molecule has 0 radical (unpaired) electrons. The number of imidazole rings is 1. The van der Waals surface area contributed by atoms with Crippen LogP contribution in [0.15, 0.2) is 36.9 Å². The van der Waals surface area contributed by atoms with E-state index in [9.17, 15) is 9.59 Å². The monoisotopic (exact) mass is 354 g/mol. The largest absolute Gasteiger partial charge is 0.455 e. The molecule has 0 saturated heterocycles. The van der Waals surface area contributed by atoms with Crippen molar-refractivity contribution in [3.63, 3.8) is 0 Å². The van der Waals surface area contributed by atoms with E-state index in [0.29, 0.717) is 22.2 Å². The maximum absolute atomic E-state index is 12.0. The van der Waals surface area contributed by atoms with Crippen molar-refractivity contribution in [2.75, 3.05) is 0 Å². The quantitative estimate of drug-likeness (QED) is 0.708. The van der Waals surface area contributed by atoms with Crippen molar-refractivity contribution in [3.8, 4) is 0 Å². The van der Waals surface area contributed by atoms with Gasteiger partial charge < -0.3 is 14.1 Å². The fraction of sp³-hybridized carbons (Fsp3) is 0.312. The molecule has 0 N–H and O–H groups in total. The van der Waals surface area contributed by atoms with Gasteiger partial charge in [-0.05, 0) is 19.1 Å². The van der Waals surface area contributed by atoms with Crippen LogP contribution in [0.3, 0.4) is 0 Å². The summed E-state index contributed by atoms with van der Waals surface area (Å²) in [4.78, 5) is 26.9. The Morgan fingerprint density at radius 2 is 2.09 bits per heavy atom. The number of aromatic nitrogens is 2. The Morgan fingerprint density at radius 3 is 2.70 bits per heavy atom. The van der Waals surface area contributed by atoms with Gasteiger partial charge in [0.25, 0.3) is 0 Å². The second kappa shape index (κ2) is 8.13. The van der Waals surface area contributed by atoms with Crippen molar-refractivity contribution >= 4 is 35.0 Å². The van der Waals surface area contributed by atoms with Crippen LogP contribution in [0.25, 0.3) is 0 Å². The van der Waals surface area contributed by atoms with Crippen LogP contribution in [-0.2, 0) is 20.9 Å². The van der Waals surface area contributed by atoms with Gasteiger partial charge in [-0.2, -0.15) is 0 Å². The molecule has 7 heteroatoms. The molecular formula is C16H16Cl2N2O3. The topological polar surface area (TPSA) is 61.2 Å². The van der Waals surface area contributed by atoms with Crippen LogP contribution in [0, 0.1) is 0 Å². The average Bonchev–Trinajstić information content (AvgIpc) is 2.97. The zero-order valence-corrected chi connectivity index (χ0v) is 14.0. The zero-order chi connectivity index (χ0) is 16.8. The molecule has 122 valence electrons. The highest BCUT2D eigenvalue weighted by Crippen LogP contribution is 2.30. The smallest absolute Gasteiger partial charge is 0.306 e. The fourth-order valence-corrected chi connectivity index (χ4v) is 2.57. The number of hydrogen-bond acceptors (Lipinski definition) is 4. The van der Waals surface area contributed by atoms with Crippen LogP contribution in [-0.4, -0.2) is 21.3 Å². The maximum Gasteiger partial charge on any atom is 0.306 e. The molecule has 1 heterocycles. The highest BCUT2D eigenvalue weighted by Gasteiger charge is 2.20. The lowest BCUT2D eigenvalue weighted by molar-refractivity contribution is -0.151. The van der Waals surface area contributed by atoms with Crippen LogP contribution in [0.5, 0.6) is 0 Å². The first-order chi connectivity index (χ1) is 11.0. The molecule has 0 aliphatic heterocycles. The summed E-state index contributed by atoms with van der Waals surface area (Å²) in [6, 6.07) is 5.01. The molecule has 0 aliphatic rings. The Bertz CT molecular complexity index is 687. The van der Waals surface area contributed by atoms with Gasteiger partial charge in [-0.1, -0.05) is 29.3 Å². The van der Waals surface area contributed by atoms with Crippen LogP contribution in [0.4, 0.5) is 0 Å². The third-order valence-corrected chi connectivity index (χ3v) is 3.76. The number of benzene rings is 1. The summed E-state index contributed by atoms with van der Waals surface area (Å²) in [5.74, 6) is -0.506. The number of rotatable bonds is 7. The number of ketones is 1. The van der Waals surface area contributed by atoms with Crippen molar-refractivity contribution in [2.24, 2.45) is 0 Å². The Balaban J connectivity index is 2.17. The second-order valence-electron chi connectivity index (χ2n) is 5.11. The third-order valence-electron chi connectivity index (χ3n) is 3.20. The van der Waals surface area contributed by atoms with Gasteiger partial charge in [-0.25, -0.2) is 4.98 Å². The number of ether oxygens (including phenoxy) is 1. The second-order valence-corrected chi connectivity index (χ2v) is 5.95. The van der Waals surface area contributed by atoms with Gasteiger partial charge in [0.05, 0.1) is 19.3 Å². The third kappa shape index (κ3) is 5.37. The van der Waals surface area contributed by atoms with Crippen molar-refractivity contribution in [1.82, 2.24) is 9.55 Å². The van der Waals surface area contributed by atoms with Crippen LogP contribution in [0.2, 0.25) is 10.0 Å². The van der Waals surface area contributed by atoms with Gasteiger partial charge in [0, 0.05) is 34.4 Å². The molecule has 1 aromatic heterocycles. The molecule has 1 unspecified atom stereocenters. The highest BCUT2D eigenvalue weighted by atomic mass is 35.5. The minimum absolute atomic E-state index is 0.0426. The van der Waals surface area contributed by atoms with E-state index < -0.39 is 12.1 Å². The predicted octanol–water partition coefficient (Wildman–Crippen LogP) is 3.84. The Morgan fingerprint density at radius 1 is 1.30 bits per heavy atom. The van der Waals surface area contributed by atoms with Crippen molar-refractivity contribution in [3.05, 3.63) is 52.5 Å². The molecule has 2 aromatic rings. The Labute approximate surface area is 144 Å². The Kier molecular flexibility index (Phi) is 6.19. The summed E-state index contributed by atoms with van der Waals surface area (Å²) in [7, 11) is 0. The Hall–Kier alpha value is -1.85. The number of Topliss-reactive ketones (excluding diaryl/α,β-unsaturated/α-hetero) is 1.